The predicted octanol–water partition coefficient (Wildman–Crippen LogP) is 0.183. The number of hydrogen-bond acceptors (Lipinski definition) is 3. The number of nitrogens with one attached hydrogen (secondary N) is 1. The summed E-state index contributed by atoms with van der Waals surface area (Å²) in [4.78, 5) is 13.9. The molecule has 1 saturated carbocycles. The maximum absolute atomic E-state index is 11.6. The number of nitrogens with two attached hydrogens (primary N) is 1. The summed E-state index contributed by atoms with van der Waals surface area (Å²) in [5.74, 6) is 1.64. The van der Waals surface area contributed by atoms with Gasteiger partial charge in [-0.05, 0) is 57.2 Å². The minimum atomic E-state index is 0.193. The molecule has 92 valence electrons. The molecule has 2 rings (SSSR count). The molecule has 0 aromatic heterocycles. The summed E-state index contributed by atoms with van der Waals surface area (Å²) in [6, 6.07) is 0. The topological polar surface area (TPSA) is 58.4 Å². The minimum absolute atomic E-state index is 0.193. The van der Waals surface area contributed by atoms with E-state index in [4.69, 9.17) is 5.73 Å². The second kappa shape index (κ2) is 5.64. The molecule has 4 heteroatoms. The number of piperidine rings is 1. The van der Waals surface area contributed by atoms with E-state index in [9.17, 15) is 4.79 Å². The predicted molar refractivity (Wildman–Crippen MR) is 64.0 cm³/mol. The van der Waals surface area contributed by atoms with Gasteiger partial charge < -0.3 is 11.1 Å². The number of likely N-dealkylation sites (tertiary alicyclic amines) is 1. The molecule has 0 aromatic rings. The van der Waals surface area contributed by atoms with Crippen LogP contribution in [-0.4, -0.2) is 43.5 Å². The third kappa shape index (κ3) is 3.76. The highest BCUT2D eigenvalue weighted by Gasteiger charge is 2.23. The Kier molecular flexibility index (Phi) is 4.18. The Morgan fingerprint density at radius 3 is 2.44 bits per heavy atom. The van der Waals surface area contributed by atoms with E-state index in [1.165, 1.54) is 12.8 Å². The van der Waals surface area contributed by atoms with E-state index in [0.29, 0.717) is 12.5 Å². The quantitative estimate of drug-likeness (QED) is 0.702. The monoisotopic (exact) mass is 225 g/mol. The molecule has 1 saturated heterocycles. The fraction of sp³-hybridized carbons (Fsp3) is 0.917. The molecule has 1 aliphatic carbocycles. The highest BCUT2D eigenvalue weighted by molar-refractivity contribution is 5.78. The van der Waals surface area contributed by atoms with Crippen LogP contribution in [0.4, 0.5) is 0 Å². The van der Waals surface area contributed by atoms with Crippen LogP contribution in [0, 0.1) is 11.8 Å². The van der Waals surface area contributed by atoms with E-state index in [-0.39, 0.29) is 5.91 Å². The molecule has 0 atom stereocenters. The van der Waals surface area contributed by atoms with Crippen molar-refractivity contribution in [3.8, 4) is 0 Å². The Hall–Kier alpha value is -0.610. The molecule has 2 fully saturated rings. The lowest BCUT2D eigenvalue weighted by Crippen LogP contribution is -2.42. The molecular weight excluding hydrogens is 202 g/mol. The molecule has 0 radical (unpaired) electrons. The Morgan fingerprint density at radius 1 is 1.19 bits per heavy atom. The lowest BCUT2D eigenvalue weighted by molar-refractivity contribution is -0.122. The smallest absolute Gasteiger partial charge is 0.234 e. The zero-order valence-electron chi connectivity index (χ0n) is 9.95. The van der Waals surface area contributed by atoms with Gasteiger partial charge in [-0.2, -0.15) is 0 Å². The van der Waals surface area contributed by atoms with E-state index >= 15 is 0 Å². The first-order chi connectivity index (χ1) is 7.78. The average Bonchev–Trinajstić information content (AvgIpc) is 3.11. The standard InChI is InChI=1S/C12H23N3O/c13-7-10-3-5-15(6-4-10)9-12(16)14-8-11-1-2-11/h10-11H,1-9,13H2,(H,14,16). The lowest BCUT2D eigenvalue weighted by Gasteiger charge is -2.30. The first-order valence-electron chi connectivity index (χ1n) is 6.47. The molecule has 1 amide bonds. The fourth-order valence-electron chi connectivity index (χ4n) is 2.22. The number of nitrogens with zero attached hydrogens (tertiary/aromatic N) is 1. The van der Waals surface area contributed by atoms with Gasteiger partial charge >= 0.3 is 0 Å². The Labute approximate surface area is 97.6 Å². The summed E-state index contributed by atoms with van der Waals surface area (Å²) >= 11 is 0. The zero-order chi connectivity index (χ0) is 11.4. The SMILES string of the molecule is NCC1CCN(CC(=O)NCC2CC2)CC1. The van der Waals surface area contributed by atoms with E-state index < -0.39 is 0 Å². The van der Waals surface area contributed by atoms with Crippen molar-refractivity contribution in [2.75, 3.05) is 32.7 Å². The average molecular weight is 225 g/mol. The summed E-state index contributed by atoms with van der Waals surface area (Å²) in [6.07, 6.45) is 4.88. The third-order valence-corrected chi connectivity index (χ3v) is 3.69. The van der Waals surface area contributed by atoms with Crippen molar-refractivity contribution in [2.24, 2.45) is 17.6 Å². The molecule has 1 heterocycles. The van der Waals surface area contributed by atoms with Gasteiger partial charge in [-0.25, -0.2) is 0 Å². The molecule has 0 bridgehead atoms. The molecule has 0 unspecified atom stereocenters. The van der Waals surface area contributed by atoms with Crippen LogP contribution in [0.5, 0.6) is 0 Å². The molecule has 4 nitrogen and oxygen atoms in total. The first-order valence-corrected chi connectivity index (χ1v) is 6.47. The van der Waals surface area contributed by atoms with Crippen molar-refractivity contribution in [1.82, 2.24) is 10.2 Å². The van der Waals surface area contributed by atoms with Crippen molar-refractivity contribution in [1.29, 1.82) is 0 Å². The summed E-state index contributed by atoms with van der Waals surface area (Å²) in [6.45, 7) is 4.31. The first kappa shape index (κ1) is 11.9. The minimum Gasteiger partial charge on any atom is -0.355 e. The van der Waals surface area contributed by atoms with Crippen molar-refractivity contribution in [3.63, 3.8) is 0 Å². The van der Waals surface area contributed by atoms with Gasteiger partial charge in [0.15, 0.2) is 0 Å². The summed E-state index contributed by atoms with van der Waals surface area (Å²) in [5.41, 5.74) is 5.64. The van der Waals surface area contributed by atoms with Gasteiger partial charge in [0, 0.05) is 6.54 Å². The van der Waals surface area contributed by atoms with Gasteiger partial charge in [0.1, 0.15) is 0 Å². The third-order valence-electron chi connectivity index (χ3n) is 3.69. The van der Waals surface area contributed by atoms with Crippen molar-refractivity contribution >= 4 is 5.91 Å². The molecule has 2 aliphatic rings. The second-order valence-corrected chi connectivity index (χ2v) is 5.20. The fourth-order valence-corrected chi connectivity index (χ4v) is 2.22. The Balaban J connectivity index is 1.59. The molecular formula is C12H23N3O. The summed E-state index contributed by atoms with van der Waals surface area (Å²) < 4.78 is 0. The van der Waals surface area contributed by atoms with Crippen LogP contribution < -0.4 is 11.1 Å². The largest absolute Gasteiger partial charge is 0.355 e. The van der Waals surface area contributed by atoms with Gasteiger partial charge in [-0.1, -0.05) is 0 Å². The van der Waals surface area contributed by atoms with Gasteiger partial charge in [-0.3, -0.25) is 9.69 Å². The van der Waals surface area contributed by atoms with E-state index in [2.05, 4.69) is 10.2 Å². The molecule has 0 aromatic carbocycles. The zero-order valence-corrected chi connectivity index (χ0v) is 9.95. The van der Waals surface area contributed by atoms with Crippen LogP contribution in [0.3, 0.4) is 0 Å². The Morgan fingerprint density at radius 2 is 1.88 bits per heavy atom. The Bertz CT molecular complexity index is 232. The second-order valence-electron chi connectivity index (χ2n) is 5.20. The number of rotatable bonds is 5. The van der Waals surface area contributed by atoms with Gasteiger partial charge in [0.2, 0.25) is 5.91 Å². The van der Waals surface area contributed by atoms with Crippen LogP contribution in [0.2, 0.25) is 0 Å². The summed E-state index contributed by atoms with van der Waals surface area (Å²) in [7, 11) is 0. The number of amides is 1. The van der Waals surface area contributed by atoms with Crippen LogP contribution in [0.15, 0.2) is 0 Å². The number of hydrogen-bond donors (Lipinski definition) is 2. The normalized spacial score (nSPS) is 23.3. The molecule has 0 spiro atoms. The van der Waals surface area contributed by atoms with Crippen molar-refractivity contribution < 1.29 is 4.79 Å². The van der Waals surface area contributed by atoms with E-state index in [1.807, 2.05) is 0 Å². The summed E-state index contributed by atoms with van der Waals surface area (Å²) in [5, 5.41) is 3.01. The van der Waals surface area contributed by atoms with Crippen LogP contribution in [0.25, 0.3) is 0 Å². The molecule has 3 N–H and O–H groups in total. The van der Waals surface area contributed by atoms with Crippen LogP contribution >= 0.6 is 0 Å². The maximum Gasteiger partial charge on any atom is 0.234 e. The highest BCUT2D eigenvalue weighted by atomic mass is 16.2. The highest BCUT2D eigenvalue weighted by Crippen LogP contribution is 2.27. The van der Waals surface area contributed by atoms with Gasteiger partial charge in [0.25, 0.3) is 0 Å². The van der Waals surface area contributed by atoms with E-state index in [0.717, 1.165) is 44.9 Å². The maximum atomic E-state index is 11.6. The number of carbonyl (C=O) groups is 1. The van der Waals surface area contributed by atoms with Crippen molar-refractivity contribution in [3.05, 3.63) is 0 Å². The van der Waals surface area contributed by atoms with E-state index in [1.54, 1.807) is 0 Å². The van der Waals surface area contributed by atoms with Gasteiger partial charge in [0.05, 0.1) is 6.54 Å². The molecule has 1 aliphatic heterocycles. The number of carbonyl (C=O) groups excluding carboxylic acids is 1. The van der Waals surface area contributed by atoms with Gasteiger partial charge in [-0.15, -0.1) is 0 Å². The molecule has 16 heavy (non-hydrogen) atoms. The van der Waals surface area contributed by atoms with Crippen LogP contribution in [-0.2, 0) is 4.79 Å². The lowest BCUT2D eigenvalue weighted by atomic mass is 9.97. The van der Waals surface area contributed by atoms with Crippen molar-refractivity contribution in [2.45, 2.75) is 25.7 Å². The van der Waals surface area contributed by atoms with Crippen LogP contribution in [0.1, 0.15) is 25.7 Å².